The van der Waals surface area contributed by atoms with Crippen LogP contribution in [0.5, 0.6) is 0 Å². The first-order valence-corrected chi connectivity index (χ1v) is 9.51. The Balaban J connectivity index is 1.31. The second kappa shape index (κ2) is 6.58. The number of benzene rings is 2. The lowest BCUT2D eigenvalue weighted by Crippen LogP contribution is -2.20. The number of rotatable bonds is 4. The molecule has 0 radical (unpaired) electrons. The summed E-state index contributed by atoms with van der Waals surface area (Å²) in [7, 11) is 0. The van der Waals surface area contributed by atoms with E-state index >= 15 is 0 Å². The second-order valence-electron chi connectivity index (χ2n) is 7.40. The highest BCUT2D eigenvalue weighted by Crippen LogP contribution is 2.33. The van der Waals surface area contributed by atoms with Crippen LogP contribution in [-0.4, -0.2) is 22.6 Å². The van der Waals surface area contributed by atoms with Gasteiger partial charge in [0.15, 0.2) is 0 Å². The van der Waals surface area contributed by atoms with E-state index in [1.54, 1.807) is 0 Å². The van der Waals surface area contributed by atoms with Crippen molar-refractivity contribution in [3.05, 3.63) is 71.5 Å². The summed E-state index contributed by atoms with van der Waals surface area (Å²) in [6.07, 6.45) is 6.41. The van der Waals surface area contributed by atoms with Gasteiger partial charge in [-0.1, -0.05) is 30.3 Å². The van der Waals surface area contributed by atoms with Crippen molar-refractivity contribution >= 4 is 11.6 Å². The van der Waals surface area contributed by atoms with Gasteiger partial charge in [-0.15, -0.1) is 0 Å². The number of H-pyrrole nitrogens is 1. The molecule has 0 saturated carbocycles. The van der Waals surface area contributed by atoms with Crippen LogP contribution in [0.4, 0.5) is 5.69 Å². The third-order valence-corrected chi connectivity index (χ3v) is 5.65. The highest BCUT2D eigenvalue weighted by atomic mass is 16.1. The fourth-order valence-corrected chi connectivity index (χ4v) is 4.16. The topological polar surface area (TPSA) is 61.0 Å². The SMILES string of the molecule is O=C1CCC(c2ccc(CN3CCc4cc(-c5cn[nH]c5)ccc43)cc2)N1. The summed E-state index contributed by atoms with van der Waals surface area (Å²) in [4.78, 5) is 13.9. The largest absolute Gasteiger partial charge is 0.367 e. The monoisotopic (exact) mass is 358 g/mol. The minimum atomic E-state index is 0.160. The number of amides is 1. The van der Waals surface area contributed by atoms with Crippen LogP contribution in [0.25, 0.3) is 11.1 Å². The fourth-order valence-electron chi connectivity index (χ4n) is 4.16. The molecule has 2 aromatic carbocycles. The van der Waals surface area contributed by atoms with Gasteiger partial charge in [0.1, 0.15) is 0 Å². The van der Waals surface area contributed by atoms with Gasteiger partial charge in [-0.05, 0) is 47.2 Å². The Labute approximate surface area is 158 Å². The first-order valence-electron chi connectivity index (χ1n) is 9.51. The van der Waals surface area contributed by atoms with E-state index in [4.69, 9.17) is 0 Å². The average Bonchev–Trinajstić information content (AvgIpc) is 3.44. The molecule has 2 aliphatic rings. The number of carbonyl (C=O) groups is 1. The maximum Gasteiger partial charge on any atom is 0.220 e. The first kappa shape index (κ1) is 16.1. The lowest BCUT2D eigenvalue weighted by Gasteiger charge is -2.20. The summed E-state index contributed by atoms with van der Waals surface area (Å²) in [6, 6.07) is 15.6. The molecule has 1 amide bonds. The number of hydrogen-bond donors (Lipinski definition) is 2. The maximum atomic E-state index is 11.4. The zero-order valence-electron chi connectivity index (χ0n) is 15.1. The Bertz CT molecular complexity index is 962. The molecule has 0 spiro atoms. The molecule has 2 N–H and O–H groups in total. The predicted molar refractivity (Wildman–Crippen MR) is 105 cm³/mol. The molecule has 2 aliphatic heterocycles. The van der Waals surface area contributed by atoms with Gasteiger partial charge in [0.25, 0.3) is 0 Å². The second-order valence-corrected chi connectivity index (χ2v) is 7.40. The molecule has 1 saturated heterocycles. The molecule has 1 fully saturated rings. The van der Waals surface area contributed by atoms with E-state index in [2.05, 4.69) is 62.9 Å². The summed E-state index contributed by atoms with van der Waals surface area (Å²) >= 11 is 0. The summed E-state index contributed by atoms with van der Waals surface area (Å²) < 4.78 is 0. The standard InChI is InChI=1S/C22H22N4O/c27-22-8-6-20(25-22)16-3-1-15(2-4-16)14-26-10-9-18-11-17(5-7-21(18)26)19-12-23-24-13-19/h1-5,7,11-13,20H,6,8-10,14H2,(H,23,24)(H,25,27). The van der Waals surface area contributed by atoms with Crippen LogP contribution in [-0.2, 0) is 17.8 Å². The molecular weight excluding hydrogens is 336 g/mol. The number of nitrogens with one attached hydrogen (secondary N) is 2. The van der Waals surface area contributed by atoms with Gasteiger partial charge in [0, 0.05) is 37.0 Å². The summed E-state index contributed by atoms with van der Waals surface area (Å²) in [5.74, 6) is 0.160. The van der Waals surface area contributed by atoms with E-state index in [1.807, 2.05) is 12.4 Å². The smallest absolute Gasteiger partial charge is 0.220 e. The number of hydrogen-bond acceptors (Lipinski definition) is 3. The van der Waals surface area contributed by atoms with E-state index < -0.39 is 0 Å². The van der Waals surface area contributed by atoms with Crippen molar-refractivity contribution in [2.24, 2.45) is 0 Å². The minimum absolute atomic E-state index is 0.160. The molecule has 0 aliphatic carbocycles. The summed E-state index contributed by atoms with van der Waals surface area (Å²) in [6.45, 7) is 1.96. The van der Waals surface area contributed by atoms with Crippen molar-refractivity contribution in [3.8, 4) is 11.1 Å². The minimum Gasteiger partial charge on any atom is -0.367 e. The van der Waals surface area contributed by atoms with Gasteiger partial charge >= 0.3 is 0 Å². The number of aromatic nitrogens is 2. The van der Waals surface area contributed by atoms with Gasteiger partial charge in [0.05, 0.1) is 12.2 Å². The fraction of sp³-hybridized carbons (Fsp3) is 0.273. The molecule has 1 unspecified atom stereocenters. The number of anilines is 1. The van der Waals surface area contributed by atoms with Crippen molar-refractivity contribution in [3.63, 3.8) is 0 Å². The molecule has 136 valence electrons. The Morgan fingerprint density at radius 3 is 2.70 bits per heavy atom. The van der Waals surface area contributed by atoms with Crippen molar-refractivity contribution in [2.75, 3.05) is 11.4 Å². The van der Waals surface area contributed by atoms with E-state index in [9.17, 15) is 4.79 Å². The van der Waals surface area contributed by atoms with Gasteiger partial charge in [-0.25, -0.2) is 0 Å². The molecule has 3 aromatic rings. The molecule has 1 aromatic heterocycles. The molecule has 3 heterocycles. The van der Waals surface area contributed by atoms with Crippen molar-refractivity contribution in [1.82, 2.24) is 15.5 Å². The molecule has 5 rings (SSSR count). The van der Waals surface area contributed by atoms with Crippen LogP contribution >= 0.6 is 0 Å². The molecule has 5 heteroatoms. The summed E-state index contributed by atoms with van der Waals surface area (Å²) in [5, 5.41) is 9.96. The third kappa shape index (κ3) is 3.10. The molecule has 0 bridgehead atoms. The number of fused-ring (bicyclic) bond motifs is 1. The molecule has 1 atom stereocenters. The quantitative estimate of drug-likeness (QED) is 0.749. The molecular formula is C22H22N4O. The number of nitrogens with zero attached hydrogens (tertiary/aromatic N) is 2. The Morgan fingerprint density at radius 1 is 1.07 bits per heavy atom. The van der Waals surface area contributed by atoms with E-state index in [0.29, 0.717) is 6.42 Å². The normalized spacial score (nSPS) is 18.6. The van der Waals surface area contributed by atoms with E-state index in [-0.39, 0.29) is 11.9 Å². The Kier molecular flexibility index (Phi) is 3.93. The highest BCUT2D eigenvalue weighted by Gasteiger charge is 2.23. The zero-order valence-corrected chi connectivity index (χ0v) is 15.1. The van der Waals surface area contributed by atoms with Crippen LogP contribution in [0, 0.1) is 0 Å². The predicted octanol–water partition coefficient (Wildman–Crippen LogP) is 3.59. The average molecular weight is 358 g/mol. The lowest BCUT2D eigenvalue weighted by atomic mass is 10.0. The van der Waals surface area contributed by atoms with E-state index in [0.717, 1.165) is 31.5 Å². The highest BCUT2D eigenvalue weighted by molar-refractivity contribution is 5.78. The number of carbonyl (C=O) groups excluding carboxylic acids is 1. The van der Waals surface area contributed by atoms with Crippen molar-refractivity contribution in [1.29, 1.82) is 0 Å². The van der Waals surface area contributed by atoms with Crippen LogP contribution in [0.15, 0.2) is 54.9 Å². The van der Waals surface area contributed by atoms with Gasteiger partial charge < -0.3 is 10.2 Å². The molecule has 27 heavy (non-hydrogen) atoms. The van der Waals surface area contributed by atoms with Crippen molar-refractivity contribution < 1.29 is 4.79 Å². The van der Waals surface area contributed by atoms with Gasteiger partial charge in [0.2, 0.25) is 5.91 Å². The lowest BCUT2D eigenvalue weighted by molar-refractivity contribution is -0.119. The van der Waals surface area contributed by atoms with Crippen LogP contribution < -0.4 is 10.2 Å². The number of aromatic amines is 1. The molecule has 5 nitrogen and oxygen atoms in total. The summed E-state index contributed by atoms with van der Waals surface area (Å²) in [5.41, 5.74) is 7.58. The van der Waals surface area contributed by atoms with E-state index in [1.165, 1.54) is 27.9 Å². The van der Waals surface area contributed by atoms with Crippen molar-refractivity contribution in [2.45, 2.75) is 31.8 Å². The Morgan fingerprint density at radius 2 is 1.96 bits per heavy atom. The van der Waals surface area contributed by atoms with Gasteiger partial charge in [-0.2, -0.15) is 5.10 Å². The third-order valence-electron chi connectivity index (χ3n) is 5.65. The Hall–Kier alpha value is -3.08. The zero-order chi connectivity index (χ0) is 18.2. The van der Waals surface area contributed by atoms with Crippen LogP contribution in [0.1, 0.15) is 35.6 Å². The maximum absolute atomic E-state index is 11.4. The van der Waals surface area contributed by atoms with Crippen LogP contribution in [0.3, 0.4) is 0 Å². The first-order chi connectivity index (χ1) is 13.3. The van der Waals surface area contributed by atoms with Gasteiger partial charge in [-0.3, -0.25) is 9.89 Å². The van der Waals surface area contributed by atoms with Crippen LogP contribution in [0.2, 0.25) is 0 Å².